The average Bonchev–Trinajstić information content (AvgIpc) is 2.90. The summed E-state index contributed by atoms with van der Waals surface area (Å²) in [7, 11) is 0. The molecule has 1 aromatic carbocycles. The van der Waals surface area contributed by atoms with Crippen LogP contribution in [0, 0.1) is 4.77 Å². The lowest BCUT2D eigenvalue weighted by Crippen LogP contribution is -2.33. The van der Waals surface area contributed by atoms with Crippen LogP contribution in [0.15, 0.2) is 36.5 Å². The summed E-state index contributed by atoms with van der Waals surface area (Å²) in [5.74, 6) is 0. The maximum atomic E-state index is 5.54. The van der Waals surface area contributed by atoms with E-state index in [4.69, 9.17) is 12.2 Å². The van der Waals surface area contributed by atoms with Crippen LogP contribution in [-0.4, -0.2) is 20.6 Å². The van der Waals surface area contributed by atoms with Gasteiger partial charge in [-0.25, -0.2) is 0 Å². The van der Waals surface area contributed by atoms with Gasteiger partial charge in [0.1, 0.15) is 0 Å². The largest absolute Gasteiger partial charge is 0.337 e. The summed E-state index contributed by atoms with van der Waals surface area (Å²) in [6.07, 6.45) is 11.0. The van der Waals surface area contributed by atoms with E-state index in [2.05, 4.69) is 52.3 Å². The highest BCUT2D eigenvalue weighted by molar-refractivity contribution is 8.00. The first-order valence-electron chi connectivity index (χ1n) is 7.63. The van der Waals surface area contributed by atoms with E-state index in [0.29, 0.717) is 4.75 Å². The Kier molecular flexibility index (Phi) is 4.55. The molecule has 1 aromatic heterocycles. The molecule has 1 fully saturated rings. The number of hydrogen-bond donors (Lipinski definition) is 1. The van der Waals surface area contributed by atoms with Crippen molar-refractivity contribution in [2.24, 2.45) is 0 Å². The molecular weight excluding hydrogens is 296 g/mol. The Labute approximate surface area is 136 Å². The average molecular weight is 319 g/mol. The predicted octanol–water partition coefficient (Wildman–Crippen LogP) is 5.28. The minimum atomic E-state index is 0.349. The monoisotopic (exact) mass is 318 g/mol. The molecular formula is C17H22N2S2. The molecule has 0 radical (unpaired) electrons. The van der Waals surface area contributed by atoms with Gasteiger partial charge in [-0.15, -0.1) is 0 Å². The quantitative estimate of drug-likeness (QED) is 0.774. The fourth-order valence-corrected chi connectivity index (χ4v) is 4.49. The smallest absolute Gasteiger partial charge is 0.177 e. The van der Waals surface area contributed by atoms with E-state index in [9.17, 15) is 0 Å². The highest BCUT2D eigenvalue weighted by atomic mass is 32.2. The first-order chi connectivity index (χ1) is 10.2. The molecule has 2 aromatic rings. The molecule has 0 spiro atoms. The zero-order valence-corrected chi connectivity index (χ0v) is 14.1. The second kappa shape index (κ2) is 6.41. The molecule has 1 aliphatic carbocycles. The molecule has 1 heterocycles. The number of nitrogens with zero attached hydrogens (tertiary/aromatic N) is 1. The van der Waals surface area contributed by atoms with Crippen LogP contribution in [0.4, 0.5) is 0 Å². The van der Waals surface area contributed by atoms with Crippen molar-refractivity contribution in [3.05, 3.63) is 41.3 Å². The van der Waals surface area contributed by atoms with Gasteiger partial charge in [-0.3, -0.25) is 0 Å². The van der Waals surface area contributed by atoms with Gasteiger partial charge in [0.25, 0.3) is 0 Å². The Morgan fingerprint density at radius 2 is 1.90 bits per heavy atom. The molecule has 0 bridgehead atoms. The van der Waals surface area contributed by atoms with Gasteiger partial charge >= 0.3 is 0 Å². The van der Waals surface area contributed by atoms with Crippen LogP contribution in [0.5, 0.6) is 0 Å². The molecule has 4 heteroatoms. The number of nitrogens with one attached hydrogen (secondary N) is 1. The van der Waals surface area contributed by atoms with Crippen molar-refractivity contribution in [2.45, 2.75) is 43.4 Å². The number of aromatic amines is 1. The maximum Gasteiger partial charge on any atom is 0.177 e. The van der Waals surface area contributed by atoms with Crippen LogP contribution in [0.2, 0.25) is 0 Å². The number of H-pyrrole nitrogens is 1. The molecule has 21 heavy (non-hydrogen) atoms. The minimum absolute atomic E-state index is 0.349. The standard InChI is InChI=1S/C17H22N2S2/c1-21-17(10-6-3-7-11-17)13-19-15(12-18-16(19)20)14-8-4-2-5-9-14/h2,4-5,8-9,12H,3,6-7,10-11,13H2,1H3,(H,18,20). The van der Waals surface area contributed by atoms with Crippen LogP contribution < -0.4 is 0 Å². The zero-order valence-electron chi connectivity index (χ0n) is 12.5. The Morgan fingerprint density at radius 1 is 1.19 bits per heavy atom. The van der Waals surface area contributed by atoms with E-state index >= 15 is 0 Å². The summed E-state index contributed by atoms with van der Waals surface area (Å²) in [4.78, 5) is 3.24. The molecule has 0 atom stereocenters. The Morgan fingerprint density at radius 3 is 2.57 bits per heavy atom. The maximum absolute atomic E-state index is 5.54. The first-order valence-corrected chi connectivity index (χ1v) is 9.26. The van der Waals surface area contributed by atoms with Gasteiger partial charge in [0.2, 0.25) is 0 Å². The molecule has 2 nitrogen and oxygen atoms in total. The molecule has 1 N–H and O–H groups in total. The van der Waals surface area contributed by atoms with Gasteiger partial charge in [-0.05, 0) is 36.9 Å². The zero-order chi connectivity index (χ0) is 14.7. The molecule has 0 unspecified atom stereocenters. The van der Waals surface area contributed by atoms with Gasteiger partial charge in [0.05, 0.1) is 5.69 Å². The third kappa shape index (κ3) is 3.11. The van der Waals surface area contributed by atoms with Crippen molar-refractivity contribution >= 4 is 24.0 Å². The van der Waals surface area contributed by atoms with E-state index < -0.39 is 0 Å². The second-order valence-corrected chi connectivity index (χ2v) is 7.54. The minimum Gasteiger partial charge on any atom is -0.337 e. The van der Waals surface area contributed by atoms with Gasteiger partial charge in [0, 0.05) is 17.5 Å². The first kappa shape index (κ1) is 14.9. The lowest BCUT2D eigenvalue weighted by Gasteiger charge is -2.36. The van der Waals surface area contributed by atoms with Gasteiger partial charge in [-0.2, -0.15) is 11.8 Å². The highest BCUT2D eigenvalue weighted by Gasteiger charge is 2.32. The van der Waals surface area contributed by atoms with Crippen LogP contribution in [0.1, 0.15) is 32.1 Å². The second-order valence-electron chi connectivity index (χ2n) is 5.88. The van der Waals surface area contributed by atoms with E-state index in [1.807, 2.05) is 11.8 Å². The number of hydrogen-bond acceptors (Lipinski definition) is 2. The van der Waals surface area contributed by atoms with E-state index in [1.54, 1.807) is 0 Å². The molecule has 112 valence electrons. The van der Waals surface area contributed by atoms with Crippen molar-refractivity contribution in [3.63, 3.8) is 0 Å². The number of benzene rings is 1. The number of imidazole rings is 1. The summed E-state index contributed by atoms with van der Waals surface area (Å²) in [5.41, 5.74) is 2.44. The normalized spacial score (nSPS) is 17.8. The van der Waals surface area contributed by atoms with E-state index in [1.165, 1.54) is 43.4 Å². The highest BCUT2D eigenvalue weighted by Crippen LogP contribution is 2.40. The predicted molar refractivity (Wildman–Crippen MR) is 94.4 cm³/mol. The van der Waals surface area contributed by atoms with Crippen LogP contribution >= 0.6 is 24.0 Å². The summed E-state index contributed by atoms with van der Waals surface area (Å²) in [6.45, 7) is 1.01. The molecule has 1 aliphatic rings. The van der Waals surface area contributed by atoms with Gasteiger partial charge in [0.15, 0.2) is 4.77 Å². The van der Waals surface area contributed by atoms with Crippen molar-refractivity contribution in [1.29, 1.82) is 0 Å². The number of aromatic nitrogens is 2. The van der Waals surface area contributed by atoms with E-state index in [0.717, 1.165) is 11.3 Å². The van der Waals surface area contributed by atoms with Crippen LogP contribution in [0.25, 0.3) is 11.3 Å². The summed E-state index contributed by atoms with van der Waals surface area (Å²) >= 11 is 7.56. The van der Waals surface area contributed by atoms with Crippen molar-refractivity contribution in [1.82, 2.24) is 9.55 Å². The van der Waals surface area contributed by atoms with Crippen LogP contribution in [0.3, 0.4) is 0 Å². The summed E-state index contributed by atoms with van der Waals surface area (Å²) < 4.78 is 3.49. The Balaban J connectivity index is 1.95. The van der Waals surface area contributed by atoms with Gasteiger partial charge < -0.3 is 9.55 Å². The third-order valence-electron chi connectivity index (χ3n) is 4.58. The molecule has 0 aliphatic heterocycles. The number of thioether (sulfide) groups is 1. The van der Waals surface area contributed by atoms with Gasteiger partial charge in [-0.1, -0.05) is 49.6 Å². The lowest BCUT2D eigenvalue weighted by molar-refractivity contribution is 0.358. The SMILES string of the molecule is CSC1(Cn2c(-c3ccccc3)c[nH]c2=S)CCCCC1. The van der Waals surface area contributed by atoms with Crippen molar-refractivity contribution in [3.8, 4) is 11.3 Å². The van der Waals surface area contributed by atoms with Crippen molar-refractivity contribution in [2.75, 3.05) is 6.26 Å². The number of rotatable bonds is 4. The Bertz CT molecular complexity index is 636. The fraction of sp³-hybridized carbons (Fsp3) is 0.471. The molecule has 0 amide bonds. The summed E-state index contributed by atoms with van der Waals surface area (Å²) in [5, 5.41) is 0. The molecule has 3 rings (SSSR count). The van der Waals surface area contributed by atoms with E-state index in [-0.39, 0.29) is 0 Å². The van der Waals surface area contributed by atoms with Crippen molar-refractivity contribution < 1.29 is 0 Å². The lowest BCUT2D eigenvalue weighted by atomic mass is 9.88. The topological polar surface area (TPSA) is 20.7 Å². The fourth-order valence-electron chi connectivity index (χ4n) is 3.31. The Hall–Kier alpha value is -1.00. The molecule has 1 saturated carbocycles. The van der Waals surface area contributed by atoms with Crippen LogP contribution in [-0.2, 0) is 6.54 Å². The third-order valence-corrected chi connectivity index (χ3v) is 6.32. The molecule has 0 saturated heterocycles. The summed E-state index contributed by atoms with van der Waals surface area (Å²) in [6, 6.07) is 10.5.